The summed E-state index contributed by atoms with van der Waals surface area (Å²) >= 11 is 0. The first kappa shape index (κ1) is 17.8. The summed E-state index contributed by atoms with van der Waals surface area (Å²) in [7, 11) is 1.68. The fourth-order valence-corrected chi connectivity index (χ4v) is 2.76. The lowest BCUT2D eigenvalue weighted by atomic mass is 10.2. The molecule has 26 heavy (non-hydrogen) atoms. The number of aliphatic imine (C=N–C) groups is 1. The van der Waals surface area contributed by atoms with E-state index in [4.69, 9.17) is 4.74 Å². The number of nitrogens with one attached hydrogen (secondary N) is 2. The molecule has 2 heterocycles. The van der Waals surface area contributed by atoms with Gasteiger partial charge in [0.05, 0.1) is 19.3 Å². The normalized spacial score (nSPS) is 11.5. The summed E-state index contributed by atoms with van der Waals surface area (Å²) in [6.07, 6.45) is 4.91. The molecule has 3 aromatic rings. The number of hydrogen-bond donors (Lipinski definition) is 2. The molecule has 0 aliphatic rings. The van der Waals surface area contributed by atoms with Crippen molar-refractivity contribution in [3.63, 3.8) is 0 Å². The zero-order valence-corrected chi connectivity index (χ0v) is 15.3. The minimum Gasteiger partial charge on any atom is -0.496 e. The second kappa shape index (κ2) is 8.89. The van der Waals surface area contributed by atoms with Gasteiger partial charge in [0.1, 0.15) is 11.4 Å². The van der Waals surface area contributed by atoms with E-state index in [-0.39, 0.29) is 0 Å². The van der Waals surface area contributed by atoms with Gasteiger partial charge in [0.25, 0.3) is 0 Å². The largest absolute Gasteiger partial charge is 0.496 e. The summed E-state index contributed by atoms with van der Waals surface area (Å²) in [6, 6.07) is 14.0. The van der Waals surface area contributed by atoms with Crippen LogP contribution >= 0.6 is 0 Å². The standard InChI is InChI=1S/C20H25N5O/c1-3-21-20(23-14-16-8-4-5-9-18(16)26-2)22-12-11-17-15-25-13-7-6-10-19(25)24-17/h4-10,13,15H,3,11-12,14H2,1-2H3,(H2,21,22,23). The molecule has 0 aliphatic carbocycles. The van der Waals surface area contributed by atoms with E-state index in [1.54, 1.807) is 7.11 Å². The van der Waals surface area contributed by atoms with Crippen LogP contribution in [0.2, 0.25) is 0 Å². The number of guanidine groups is 1. The Morgan fingerprint density at radius 1 is 1.15 bits per heavy atom. The number of ether oxygens (including phenoxy) is 1. The van der Waals surface area contributed by atoms with E-state index in [1.165, 1.54) is 0 Å². The zero-order valence-electron chi connectivity index (χ0n) is 15.3. The van der Waals surface area contributed by atoms with Crippen LogP contribution in [-0.2, 0) is 13.0 Å². The summed E-state index contributed by atoms with van der Waals surface area (Å²) in [4.78, 5) is 9.27. The summed E-state index contributed by atoms with van der Waals surface area (Å²) in [5.74, 6) is 1.65. The summed E-state index contributed by atoms with van der Waals surface area (Å²) < 4.78 is 7.42. The van der Waals surface area contributed by atoms with Gasteiger partial charge in [-0.05, 0) is 25.1 Å². The fourth-order valence-electron chi connectivity index (χ4n) is 2.76. The predicted molar refractivity (Wildman–Crippen MR) is 105 cm³/mol. The molecular formula is C20H25N5O. The van der Waals surface area contributed by atoms with Crippen molar-refractivity contribution in [1.82, 2.24) is 20.0 Å². The molecule has 1 aromatic carbocycles. The topological polar surface area (TPSA) is 63.0 Å². The van der Waals surface area contributed by atoms with Gasteiger partial charge < -0.3 is 19.8 Å². The zero-order chi connectivity index (χ0) is 18.2. The predicted octanol–water partition coefficient (Wildman–Crippen LogP) is 2.64. The molecule has 0 saturated carbocycles. The van der Waals surface area contributed by atoms with Gasteiger partial charge in [-0.1, -0.05) is 24.3 Å². The molecular weight excluding hydrogens is 326 g/mol. The minimum atomic E-state index is 0.563. The van der Waals surface area contributed by atoms with Gasteiger partial charge >= 0.3 is 0 Å². The number of rotatable bonds is 7. The van der Waals surface area contributed by atoms with Gasteiger partial charge in [-0.3, -0.25) is 0 Å². The first-order chi connectivity index (χ1) is 12.8. The molecule has 0 unspecified atom stereocenters. The molecule has 0 spiro atoms. The lowest BCUT2D eigenvalue weighted by Gasteiger charge is -2.11. The van der Waals surface area contributed by atoms with Crippen LogP contribution < -0.4 is 15.4 Å². The third-order valence-electron chi connectivity index (χ3n) is 4.03. The van der Waals surface area contributed by atoms with E-state index >= 15 is 0 Å². The van der Waals surface area contributed by atoms with Crippen LogP contribution in [0.1, 0.15) is 18.2 Å². The van der Waals surface area contributed by atoms with Crippen molar-refractivity contribution >= 4 is 11.6 Å². The van der Waals surface area contributed by atoms with Crippen LogP contribution in [-0.4, -0.2) is 35.5 Å². The molecule has 0 fully saturated rings. The molecule has 0 atom stereocenters. The number of fused-ring (bicyclic) bond motifs is 1. The summed E-state index contributed by atoms with van der Waals surface area (Å²) in [6.45, 7) is 4.20. The first-order valence-corrected chi connectivity index (χ1v) is 8.87. The highest BCUT2D eigenvalue weighted by molar-refractivity contribution is 5.79. The van der Waals surface area contributed by atoms with Gasteiger partial charge in [0.2, 0.25) is 0 Å². The van der Waals surface area contributed by atoms with E-state index in [1.807, 2.05) is 53.1 Å². The fraction of sp³-hybridized carbons (Fsp3) is 0.300. The SMILES string of the molecule is CCNC(=NCc1ccccc1OC)NCCc1cn2ccccc2n1. The van der Waals surface area contributed by atoms with Crippen molar-refractivity contribution in [2.45, 2.75) is 19.9 Å². The Hall–Kier alpha value is -3.02. The Balaban J connectivity index is 1.59. The second-order valence-electron chi connectivity index (χ2n) is 5.88. The molecule has 6 nitrogen and oxygen atoms in total. The van der Waals surface area contributed by atoms with Crippen LogP contribution in [0, 0.1) is 0 Å². The van der Waals surface area contributed by atoms with E-state index in [2.05, 4.69) is 33.7 Å². The van der Waals surface area contributed by atoms with E-state index in [9.17, 15) is 0 Å². The van der Waals surface area contributed by atoms with Crippen LogP contribution in [0.25, 0.3) is 5.65 Å². The first-order valence-electron chi connectivity index (χ1n) is 8.87. The van der Waals surface area contributed by atoms with E-state index in [0.29, 0.717) is 6.54 Å². The quantitative estimate of drug-likeness (QED) is 0.507. The monoisotopic (exact) mass is 351 g/mol. The van der Waals surface area contributed by atoms with Crippen molar-refractivity contribution in [2.24, 2.45) is 4.99 Å². The molecule has 136 valence electrons. The second-order valence-corrected chi connectivity index (χ2v) is 5.88. The Bertz CT molecular complexity index is 838. The number of benzene rings is 1. The van der Waals surface area contributed by atoms with Crippen molar-refractivity contribution in [1.29, 1.82) is 0 Å². The van der Waals surface area contributed by atoms with Gasteiger partial charge in [-0.15, -0.1) is 0 Å². The maximum atomic E-state index is 5.38. The summed E-state index contributed by atoms with van der Waals surface area (Å²) in [5, 5.41) is 6.65. The lowest BCUT2D eigenvalue weighted by molar-refractivity contribution is 0.410. The molecule has 2 aromatic heterocycles. The molecule has 3 rings (SSSR count). The van der Waals surface area contributed by atoms with Gasteiger partial charge in [-0.25, -0.2) is 9.98 Å². The number of hydrogen-bond acceptors (Lipinski definition) is 3. The number of para-hydroxylation sites is 1. The molecule has 0 radical (unpaired) electrons. The van der Waals surface area contributed by atoms with Crippen LogP contribution in [0.3, 0.4) is 0 Å². The molecule has 0 aliphatic heterocycles. The highest BCUT2D eigenvalue weighted by atomic mass is 16.5. The van der Waals surface area contributed by atoms with Gasteiger partial charge in [-0.2, -0.15) is 0 Å². The Labute approximate surface area is 153 Å². The van der Waals surface area contributed by atoms with Crippen LogP contribution in [0.15, 0.2) is 59.9 Å². The van der Waals surface area contributed by atoms with Gasteiger partial charge in [0.15, 0.2) is 5.96 Å². The van der Waals surface area contributed by atoms with Crippen LogP contribution in [0.4, 0.5) is 0 Å². The summed E-state index contributed by atoms with van der Waals surface area (Å²) in [5.41, 5.74) is 3.09. The smallest absolute Gasteiger partial charge is 0.191 e. The number of aromatic nitrogens is 2. The Kier molecular flexibility index (Phi) is 6.09. The van der Waals surface area contributed by atoms with Crippen LogP contribution in [0.5, 0.6) is 5.75 Å². The average molecular weight is 351 g/mol. The number of imidazole rings is 1. The highest BCUT2D eigenvalue weighted by Gasteiger charge is 2.04. The highest BCUT2D eigenvalue weighted by Crippen LogP contribution is 2.17. The van der Waals surface area contributed by atoms with E-state index < -0.39 is 0 Å². The van der Waals surface area contributed by atoms with Gasteiger partial charge in [0, 0.05) is 37.5 Å². The maximum Gasteiger partial charge on any atom is 0.191 e. The van der Waals surface area contributed by atoms with Crippen molar-refractivity contribution < 1.29 is 4.74 Å². The third kappa shape index (κ3) is 4.53. The van der Waals surface area contributed by atoms with Crippen molar-refractivity contribution in [2.75, 3.05) is 20.2 Å². The molecule has 6 heteroatoms. The lowest BCUT2D eigenvalue weighted by Crippen LogP contribution is -2.38. The minimum absolute atomic E-state index is 0.563. The number of nitrogens with zero attached hydrogens (tertiary/aromatic N) is 3. The molecule has 2 N–H and O–H groups in total. The van der Waals surface area contributed by atoms with Crippen molar-refractivity contribution in [3.8, 4) is 5.75 Å². The number of methoxy groups -OCH3 is 1. The molecule has 0 saturated heterocycles. The number of pyridine rings is 1. The molecule has 0 bridgehead atoms. The average Bonchev–Trinajstić information content (AvgIpc) is 3.09. The maximum absolute atomic E-state index is 5.38. The van der Waals surface area contributed by atoms with E-state index in [0.717, 1.165) is 48.1 Å². The Morgan fingerprint density at radius 3 is 2.81 bits per heavy atom. The third-order valence-corrected chi connectivity index (χ3v) is 4.03. The Morgan fingerprint density at radius 2 is 2.00 bits per heavy atom. The van der Waals surface area contributed by atoms with Crippen molar-refractivity contribution in [3.05, 3.63) is 66.1 Å². The molecule has 0 amide bonds.